The zero-order chi connectivity index (χ0) is 26.8. The van der Waals surface area contributed by atoms with Crippen LogP contribution in [0.3, 0.4) is 0 Å². The van der Waals surface area contributed by atoms with E-state index in [9.17, 15) is 21.6 Å². The molecule has 1 aliphatic rings. The second-order valence-corrected chi connectivity index (χ2v) is 10.1. The molecule has 0 saturated carbocycles. The molecule has 1 aliphatic heterocycles. The molecule has 1 N–H and O–H groups in total. The van der Waals surface area contributed by atoms with Gasteiger partial charge in [0.1, 0.15) is 5.82 Å². The average molecular weight is 532 g/mol. The number of rotatable bonds is 4. The molecule has 3 aromatic heterocycles. The second-order valence-electron chi connectivity index (χ2n) is 8.19. The lowest BCUT2D eigenvalue weighted by Gasteiger charge is -2.40. The first-order valence-electron chi connectivity index (χ1n) is 10.8. The highest BCUT2D eigenvalue weighted by molar-refractivity contribution is 7.90. The average Bonchev–Trinajstić information content (AvgIpc) is 2.83. The summed E-state index contributed by atoms with van der Waals surface area (Å²) in [6, 6.07) is 15.6. The van der Waals surface area contributed by atoms with Gasteiger partial charge in [0.05, 0.1) is 16.9 Å². The number of aliphatic carboxylic acids is 1. The van der Waals surface area contributed by atoms with Gasteiger partial charge in [-0.2, -0.15) is 13.2 Å². The van der Waals surface area contributed by atoms with Crippen LogP contribution in [0.4, 0.5) is 19.0 Å². The maximum atomic E-state index is 12.2. The maximum Gasteiger partial charge on any atom is 0.490 e. The quantitative estimate of drug-likeness (QED) is 0.419. The number of halogens is 3. The van der Waals surface area contributed by atoms with Crippen molar-refractivity contribution in [2.45, 2.75) is 17.1 Å². The van der Waals surface area contributed by atoms with Crippen molar-refractivity contribution in [3.05, 3.63) is 72.8 Å². The number of hydrogen-bond donors (Lipinski definition) is 1. The molecule has 9 nitrogen and oxygen atoms in total. The van der Waals surface area contributed by atoms with Crippen LogP contribution in [0.1, 0.15) is 11.6 Å². The fourth-order valence-electron chi connectivity index (χ4n) is 3.79. The molecule has 1 aromatic carbocycles. The van der Waals surface area contributed by atoms with Crippen LogP contribution < -0.4 is 4.90 Å². The molecule has 0 bridgehead atoms. The minimum atomic E-state index is -5.08. The van der Waals surface area contributed by atoms with Gasteiger partial charge in [0, 0.05) is 54.8 Å². The Labute approximate surface area is 209 Å². The molecule has 0 unspecified atom stereocenters. The van der Waals surface area contributed by atoms with Crippen molar-refractivity contribution in [2.24, 2.45) is 0 Å². The van der Waals surface area contributed by atoms with Crippen LogP contribution in [0, 0.1) is 0 Å². The predicted molar refractivity (Wildman–Crippen MR) is 129 cm³/mol. The van der Waals surface area contributed by atoms with Gasteiger partial charge in [0.25, 0.3) is 0 Å². The SMILES string of the molecule is CS(=O)(=O)c1ncccc1-c1nccnc1C1CN(c2ccc3ccccc3n2)C1.O=C(O)C(F)(F)F. The molecule has 5 rings (SSSR count). The van der Waals surface area contributed by atoms with Crippen LogP contribution in [0.5, 0.6) is 0 Å². The largest absolute Gasteiger partial charge is 0.490 e. The van der Waals surface area contributed by atoms with Crippen LogP contribution in [0.25, 0.3) is 22.2 Å². The van der Waals surface area contributed by atoms with Gasteiger partial charge in [-0.05, 0) is 30.3 Å². The summed E-state index contributed by atoms with van der Waals surface area (Å²) >= 11 is 0. The van der Waals surface area contributed by atoms with E-state index in [1.165, 1.54) is 6.20 Å². The van der Waals surface area contributed by atoms with Gasteiger partial charge in [-0.3, -0.25) is 9.97 Å². The molecule has 4 aromatic rings. The van der Waals surface area contributed by atoms with E-state index in [1.807, 2.05) is 30.3 Å². The van der Waals surface area contributed by atoms with Gasteiger partial charge in [-0.1, -0.05) is 18.2 Å². The molecule has 1 saturated heterocycles. The van der Waals surface area contributed by atoms with E-state index in [4.69, 9.17) is 14.9 Å². The standard InChI is InChI=1S/C22H19N5O2S.C2HF3O2/c1-30(28,29)22-17(6-4-10-25-22)21-20(23-11-12-24-21)16-13-27(14-16)19-9-8-15-5-2-3-7-18(15)26-19;3-2(4,5)1(6)7/h2-12,16H,13-14H2,1H3;(H,6,7). The van der Waals surface area contributed by atoms with Crippen molar-refractivity contribution in [2.75, 3.05) is 24.2 Å². The van der Waals surface area contributed by atoms with Crippen LogP contribution in [0.15, 0.2) is 72.1 Å². The van der Waals surface area contributed by atoms with E-state index in [-0.39, 0.29) is 10.9 Å². The lowest BCUT2D eigenvalue weighted by Crippen LogP contribution is -2.46. The highest BCUT2D eigenvalue weighted by Crippen LogP contribution is 2.36. The number of para-hydroxylation sites is 1. The van der Waals surface area contributed by atoms with Gasteiger partial charge >= 0.3 is 12.1 Å². The lowest BCUT2D eigenvalue weighted by molar-refractivity contribution is -0.192. The minimum Gasteiger partial charge on any atom is -0.475 e. The minimum absolute atomic E-state index is 0.0270. The summed E-state index contributed by atoms with van der Waals surface area (Å²) in [4.78, 5) is 28.9. The second kappa shape index (κ2) is 10.1. The van der Waals surface area contributed by atoms with E-state index in [1.54, 1.807) is 24.5 Å². The Kier molecular flexibility index (Phi) is 7.07. The number of nitrogens with zero attached hydrogens (tertiary/aromatic N) is 5. The van der Waals surface area contributed by atoms with Gasteiger partial charge in [-0.25, -0.2) is 23.2 Å². The number of pyridine rings is 2. The zero-order valence-corrected chi connectivity index (χ0v) is 20.1. The number of hydrogen-bond acceptors (Lipinski definition) is 8. The van der Waals surface area contributed by atoms with E-state index in [2.05, 4.69) is 25.9 Å². The summed E-state index contributed by atoms with van der Waals surface area (Å²) < 4.78 is 56.2. The molecule has 13 heteroatoms. The number of sulfone groups is 1. The molecule has 0 amide bonds. The van der Waals surface area contributed by atoms with Crippen molar-refractivity contribution >= 4 is 32.5 Å². The number of aromatic nitrogens is 4. The van der Waals surface area contributed by atoms with Crippen LogP contribution in [0.2, 0.25) is 0 Å². The van der Waals surface area contributed by atoms with E-state index in [0.717, 1.165) is 41.8 Å². The van der Waals surface area contributed by atoms with Crippen molar-refractivity contribution in [3.63, 3.8) is 0 Å². The Balaban J connectivity index is 0.000000405. The van der Waals surface area contributed by atoms with Crippen molar-refractivity contribution < 1.29 is 31.5 Å². The molecule has 0 spiro atoms. The van der Waals surface area contributed by atoms with Crippen molar-refractivity contribution in [1.29, 1.82) is 0 Å². The molecular weight excluding hydrogens is 511 g/mol. The third-order valence-electron chi connectivity index (χ3n) is 5.52. The fourth-order valence-corrected chi connectivity index (χ4v) is 4.61. The van der Waals surface area contributed by atoms with E-state index < -0.39 is 22.0 Å². The highest BCUT2D eigenvalue weighted by Gasteiger charge is 2.38. The van der Waals surface area contributed by atoms with Gasteiger partial charge < -0.3 is 10.0 Å². The normalized spacial score (nSPS) is 14.0. The van der Waals surface area contributed by atoms with Gasteiger partial charge in [0.2, 0.25) is 0 Å². The Morgan fingerprint density at radius 3 is 2.32 bits per heavy atom. The fraction of sp³-hybridized carbons (Fsp3) is 0.208. The van der Waals surface area contributed by atoms with Gasteiger partial charge in [-0.15, -0.1) is 0 Å². The number of carbonyl (C=O) groups is 1. The van der Waals surface area contributed by atoms with Crippen LogP contribution in [-0.2, 0) is 14.6 Å². The number of benzene rings is 1. The molecule has 1 fully saturated rings. The molecule has 192 valence electrons. The monoisotopic (exact) mass is 531 g/mol. The Hall–Kier alpha value is -4.13. The van der Waals surface area contributed by atoms with E-state index in [0.29, 0.717) is 11.3 Å². The molecule has 0 atom stereocenters. The predicted octanol–water partition coefficient (Wildman–Crippen LogP) is 3.73. The molecule has 4 heterocycles. The Bertz CT molecular complexity index is 1560. The molecular formula is C24H20F3N5O4S. The number of carboxylic acids is 1. The number of fused-ring (bicyclic) bond motifs is 1. The number of carboxylic acid groups (broad SMARTS) is 1. The highest BCUT2D eigenvalue weighted by atomic mass is 32.2. The number of alkyl halides is 3. The topological polar surface area (TPSA) is 126 Å². The number of anilines is 1. The van der Waals surface area contributed by atoms with Crippen LogP contribution in [-0.4, -0.2) is 65.0 Å². The Morgan fingerprint density at radius 1 is 0.973 bits per heavy atom. The first-order valence-corrected chi connectivity index (χ1v) is 12.7. The summed E-state index contributed by atoms with van der Waals surface area (Å²) in [5, 5.41) is 8.26. The third-order valence-corrected chi connectivity index (χ3v) is 6.55. The van der Waals surface area contributed by atoms with Crippen molar-refractivity contribution in [3.8, 4) is 11.3 Å². The molecule has 37 heavy (non-hydrogen) atoms. The lowest BCUT2D eigenvalue weighted by atomic mass is 9.92. The maximum absolute atomic E-state index is 12.2. The first-order chi connectivity index (χ1) is 17.4. The molecule has 0 radical (unpaired) electrons. The Morgan fingerprint density at radius 2 is 1.65 bits per heavy atom. The van der Waals surface area contributed by atoms with Crippen LogP contribution >= 0.6 is 0 Å². The summed E-state index contributed by atoms with van der Waals surface area (Å²) in [6.45, 7) is 1.48. The summed E-state index contributed by atoms with van der Waals surface area (Å²) in [5.74, 6) is -1.70. The zero-order valence-electron chi connectivity index (χ0n) is 19.3. The molecule has 0 aliphatic carbocycles. The smallest absolute Gasteiger partial charge is 0.475 e. The summed E-state index contributed by atoms with van der Waals surface area (Å²) in [7, 11) is -3.49. The first kappa shape index (κ1) is 25.9. The summed E-state index contributed by atoms with van der Waals surface area (Å²) in [6.07, 6.45) is 0.781. The summed E-state index contributed by atoms with van der Waals surface area (Å²) in [5.41, 5.74) is 2.81. The van der Waals surface area contributed by atoms with E-state index >= 15 is 0 Å². The van der Waals surface area contributed by atoms with Gasteiger partial charge in [0.15, 0.2) is 14.9 Å². The third kappa shape index (κ3) is 5.82. The van der Waals surface area contributed by atoms with Crippen molar-refractivity contribution in [1.82, 2.24) is 19.9 Å².